The fraction of sp³-hybridized carbons (Fsp3) is 0.815. The molecule has 4 rings (SSSR count). The van der Waals surface area contributed by atoms with E-state index in [1.54, 1.807) is 0 Å². The Hall–Kier alpha value is -0.850. The molecule has 0 unspecified atom stereocenters. The highest BCUT2D eigenvalue weighted by atomic mass is 16.1. The van der Waals surface area contributed by atoms with Crippen molar-refractivity contribution in [3.8, 4) is 0 Å². The van der Waals surface area contributed by atoms with Crippen LogP contribution in [0.1, 0.15) is 98.8 Å². The molecule has 2 saturated carbocycles. The van der Waals surface area contributed by atoms with Gasteiger partial charge in [-0.05, 0) is 91.4 Å². The Kier molecular flexibility index (Phi) is 5.43. The molecule has 0 radical (unpaired) electrons. The fourth-order valence-corrected chi connectivity index (χ4v) is 7.91. The molecule has 0 heterocycles. The third kappa shape index (κ3) is 3.25. The Morgan fingerprint density at radius 3 is 2.54 bits per heavy atom. The largest absolute Gasteiger partial charge is 0.295 e. The maximum Gasteiger partial charge on any atom is 0.155 e. The normalized spacial score (nSPS) is 41.1. The van der Waals surface area contributed by atoms with Crippen molar-refractivity contribution in [3.05, 3.63) is 23.3 Å². The Morgan fingerprint density at radius 1 is 1.00 bits per heavy atom. The van der Waals surface area contributed by atoms with E-state index < -0.39 is 0 Å². The van der Waals surface area contributed by atoms with Crippen molar-refractivity contribution in [2.24, 2.45) is 40.4 Å². The molecule has 156 valence electrons. The number of carbonyl (C=O) groups is 1. The summed E-state index contributed by atoms with van der Waals surface area (Å²) >= 11 is 0. The molecule has 28 heavy (non-hydrogen) atoms. The molecular formula is C27H42O. The van der Waals surface area contributed by atoms with Gasteiger partial charge in [-0.1, -0.05) is 64.7 Å². The van der Waals surface area contributed by atoms with E-state index in [0.29, 0.717) is 16.6 Å². The highest BCUT2D eigenvalue weighted by Gasteiger charge is 2.57. The smallest absolute Gasteiger partial charge is 0.155 e. The van der Waals surface area contributed by atoms with Gasteiger partial charge in [-0.25, -0.2) is 0 Å². The molecule has 0 aromatic carbocycles. The first-order valence-corrected chi connectivity index (χ1v) is 12.2. The molecule has 0 aliphatic heterocycles. The molecule has 1 nitrogen and oxygen atoms in total. The summed E-state index contributed by atoms with van der Waals surface area (Å²) in [6.45, 7) is 12.3. The molecule has 1 heteroatoms. The van der Waals surface area contributed by atoms with E-state index >= 15 is 0 Å². The Bertz CT molecular complexity index is 682. The third-order valence-electron chi connectivity index (χ3n) is 9.55. The molecule has 2 fully saturated rings. The van der Waals surface area contributed by atoms with E-state index in [-0.39, 0.29) is 0 Å². The summed E-state index contributed by atoms with van der Waals surface area (Å²) in [5, 5.41) is 0. The molecule has 6 atom stereocenters. The van der Waals surface area contributed by atoms with E-state index in [1.807, 2.05) is 11.6 Å². The minimum Gasteiger partial charge on any atom is -0.295 e. The van der Waals surface area contributed by atoms with Crippen LogP contribution in [0.15, 0.2) is 23.3 Å². The summed E-state index contributed by atoms with van der Waals surface area (Å²) in [4.78, 5) is 12.0. The lowest BCUT2D eigenvalue weighted by Gasteiger charge is -2.58. The van der Waals surface area contributed by atoms with E-state index in [2.05, 4.69) is 40.7 Å². The van der Waals surface area contributed by atoms with Crippen LogP contribution in [-0.2, 0) is 4.79 Å². The number of fused-ring (bicyclic) bond motifs is 5. The van der Waals surface area contributed by atoms with Crippen LogP contribution >= 0.6 is 0 Å². The van der Waals surface area contributed by atoms with Crippen molar-refractivity contribution in [2.75, 3.05) is 0 Å². The number of allylic oxidation sites excluding steroid dienone is 4. The van der Waals surface area contributed by atoms with Gasteiger partial charge in [-0.2, -0.15) is 0 Å². The average Bonchev–Trinajstić information content (AvgIpc) is 2.99. The van der Waals surface area contributed by atoms with Crippen molar-refractivity contribution in [2.45, 2.75) is 98.8 Å². The lowest BCUT2D eigenvalue weighted by Crippen LogP contribution is -2.50. The first-order valence-electron chi connectivity index (χ1n) is 12.2. The van der Waals surface area contributed by atoms with Crippen molar-refractivity contribution in [3.63, 3.8) is 0 Å². The number of hydrogen-bond acceptors (Lipinski definition) is 1. The van der Waals surface area contributed by atoms with Crippen LogP contribution in [0.3, 0.4) is 0 Å². The van der Waals surface area contributed by atoms with Gasteiger partial charge in [-0.15, -0.1) is 0 Å². The van der Waals surface area contributed by atoms with E-state index in [9.17, 15) is 4.79 Å². The zero-order valence-electron chi connectivity index (χ0n) is 19.0. The molecule has 0 N–H and O–H groups in total. The summed E-state index contributed by atoms with van der Waals surface area (Å²) in [5.41, 5.74) is 4.07. The van der Waals surface area contributed by atoms with Gasteiger partial charge in [0.05, 0.1) is 0 Å². The van der Waals surface area contributed by atoms with Gasteiger partial charge < -0.3 is 0 Å². The molecule has 0 saturated heterocycles. The van der Waals surface area contributed by atoms with E-state index in [0.717, 1.165) is 42.4 Å². The summed E-state index contributed by atoms with van der Waals surface area (Å²) in [6, 6.07) is 0. The van der Waals surface area contributed by atoms with Crippen molar-refractivity contribution < 1.29 is 4.79 Å². The minimum absolute atomic E-state index is 0.309. The van der Waals surface area contributed by atoms with Gasteiger partial charge in [-0.3, -0.25) is 4.79 Å². The Balaban J connectivity index is 1.50. The number of ketones is 1. The van der Waals surface area contributed by atoms with Crippen LogP contribution in [-0.4, -0.2) is 5.78 Å². The lowest BCUT2D eigenvalue weighted by molar-refractivity contribution is -0.117. The predicted octanol–water partition coefficient (Wildman–Crippen LogP) is 7.52. The summed E-state index contributed by atoms with van der Waals surface area (Å²) in [6.07, 6.45) is 17.3. The maximum absolute atomic E-state index is 12.0. The second-order valence-electron chi connectivity index (χ2n) is 11.5. The maximum atomic E-state index is 12.0. The summed E-state index contributed by atoms with van der Waals surface area (Å²) in [7, 11) is 0. The molecule has 0 spiro atoms. The Morgan fingerprint density at radius 2 is 1.79 bits per heavy atom. The van der Waals surface area contributed by atoms with Gasteiger partial charge in [0.15, 0.2) is 5.78 Å². The quantitative estimate of drug-likeness (QED) is 0.449. The van der Waals surface area contributed by atoms with Crippen molar-refractivity contribution >= 4 is 5.78 Å². The zero-order valence-corrected chi connectivity index (χ0v) is 19.0. The average molecular weight is 383 g/mol. The molecule has 4 aliphatic carbocycles. The van der Waals surface area contributed by atoms with Crippen LogP contribution in [0.25, 0.3) is 0 Å². The molecule has 0 aromatic rings. The highest BCUT2D eigenvalue weighted by molar-refractivity contribution is 5.91. The van der Waals surface area contributed by atoms with Gasteiger partial charge in [0, 0.05) is 6.42 Å². The van der Waals surface area contributed by atoms with Crippen molar-refractivity contribution in [1.82, 2.24) is 0 Å². The first-order chi connectivity index (χ1) is 13.3. The standard InChI is InChI=1S/C27H42O/c1-18(2)7-6-8-19(3)23-11-12-24-22-10-9-20-17-21(28)13-15-26(20,4)25(22)14-16-27(23,24)5/h11,17-19,22,24-25H,6-10,12-16H2,1-5H3/t19-,22+,24+,25+,26+,27-/m1/s1. The van der Waals surface area contributed by atoms with Gasteiger partial charge in [0.2, 0.25) is 0 Å². The number of hydrogen-bond donors (Lipinski definition) is 0. The van der Waals surface area contributed by atoms with E-state index in [1.165, 1.54) is 56.9 Å². The SMILES string of the molecule is CC(C)CCC[C@@H](C)C1=CC[C@H]2[C@@H]3CCC4=CC(=O)CC[C@]4(C)[C@H]3CC[C@]12C. The highest BCUT2D eigenvalue weighted by Crippen LogP contribution is 2.66. The molecule has 4 aliphatic rings. The first kappa shape index (κ1) is 20.4. The fourth-order valence-electron chi connectivity index (χ4n) is 7.91. The predicted molar refractivity (Wildman–Crippen MR) is 118 cm³/mol. The second kappa shape index (κ2) is 7.44. The van der Waals surface area contributed by atoms with Gasteiger partial charge >= 0.3 is 0 Å². The zero-order chi connectivity index (χ0) is 20.1. The molecule has 0 aromatic heterocycles. The van der Waals surface area contributed by atoms with Gasteiger partial charge in [0.1, 0.15) is 0 Å². The van der Waals surface area contributed by atoms with Crippen LogP contribution < -0.4 is 0 Å². The van der Waals surface area contributed by atoms with Crippen LogP contribution in [0, 0.1) is 40.4 Å². The number of rotatable bonds is 5. The summed E-state index contributed by atoms with van der Waals surface area (Å²) < 4.78 is 0. The second-order valence-corrected chi connectivity index (χ2v) is 11.5. The van der Waals surface area contributed by atoms with Crippen LogP contribution in [0.5, 0.6) is 0 Å². The third-order valence-corrected chi connectivity index (χ3v) is 9.55. The minimum atomic E-state index is 0.309. The molecule has 0 amide bonds. The monoisotopic (exact) mass is 382 g/mol. The summed E-state index contributed by atoms with van der Waals surface area (Å²) in [5.74, 6) is 4.49. The van der Waals surface area contributed by atoms with Crippen LogP contribution in [0.2, 0.25) is 0 Å². The Labute approximate surface area is 173 Å². The molecular weight excluding hydrogens is 340 g/mol. The molecule has 0 bridgehead atoms. The van der Waals surface area contributed by atoms with Crippen LogP contribution in [0.4, 0.5) is 0 Å². The lowest BCUT2D eigenvalue weighted by atomic mass is 9.46. The van der Waals surface area contributed by atoms with Gasteiger partial charge in [0.25, 0.3) is 0 Å². The van der Waals surface area contributed by atoms with Crippen molar-refractivity contribution in [1.29, 1.82) is 0 Å². The topological polar surface area (TPSA) is 17.1 Å². The number of carbonyl (C=O) groups excluding carboxylic acids is 1. The van der Waals surface area contributed by atoms with E-state index in [4.69, 9.17) is 0 Å².